The van der Waals surface area contributed by atoms with Gasteiger partial charge in [-0.15, -0.1) is 5.10 Å². The fraction of sp³-hybridized carbons (Fsp3) is 0.385. The molecule has 1 aliphatic heterocycles. The van der Waals surface area contributed by atoms with Gasteiger partial charge in [0.15, 0.2) is 5.82 Å². The SMILES string of the molecule is Cc1nnnn1-c1ccccc1C(=O)N1CCCC1. The lowest BCUT2D eigenvalue weighted by atomic mass is 10.1. The molecule has 0 aliphatic carbocycles. The molecular formula is C13H15N5O. The van der Waals surface area contributed by atoms with Crippen LogP contribution in [0.15, 0.2) is 24.3 Å². The van der Waals surface area contributed by atoms with E-state index >= 15 is 0 Å². The standard InChI is InChI=1S/C13H15N5O/c1-10-14-15-16-18(10)12-7-3-2-6-11(12)13(19)17-8-4-5-9-17/h2-3,6-7H,4-5,8-9H2,1H3. The molecule has 0 bridgehead atoms. The van der Waals surface area contributed by atoms with Crippen molar-refractivity contribution in [3.8, 4) is 5.69 Å². The molecule has 3 rings (SSSR count). The summed E-state index contributed by atoms with van der Waals surface area (Å²) in [4.78, 5) is 14.4. The number of rotatable bonds is 2. The first-order valence-corrected chi connectivity index (χ1v) is 6.41. The molecule has 6 nitrogen and oxygen atoms in total. The first-order chi connectivity index (χ1) is 9.27. The first-order valence-electron chi connectivity index (χ1n) is 6.41. The van der Waals surface area contributed by atoms with Gasteiger partial charge in [-0.25, -0.2) is 0 Å². The lowest BCUT2D eigenvalue weighted by molar-refractivity contribution is 0.0792. The van der Waals surface area contributed by atoms with Crippen LogP contribution in [-0.4, -0.2) is 44.1 Å². The summed E-state index contributed by atoms with van der Waals surface area (Å²) in [7, 11) is 0. The predicted octanol–water partition coefficient (Wildman–Crippen LogP) is 1.21. The predicted molar refractivity (Wildman–Crippen MR) is 69.0 cm³/mol. The van der Waals surface area contributed by atoms with Crippen molar-refractivity contribution < 1.29 is 4.79 Å². The Morgan fingerprint density at radius 1 is 1.21 bits per heavy atom. The number of hydrogen-bond donors (Lipinski definition) is 0. The molecule has 1 saturated heterocycles. The average molecular weight is 257 g/mol. The number of amides is 1. The summed E-state index contributed by atoms with van der Waals surface area (Å²) in [5.41, 5.74) is 1.39. The fourth-order valence-corrected chi connectivity index (χ4v) is 2.38. The molecule has 2 aromatic rings. The van der Waals surface area contributed by atoms with E-state index in [1.807, 2.05) is 36.1 Å². The zero-order chi connectivity index (χ0) is 13.2. The highest BCUT2D eigenvalue weighted by Crippen LogP contribution is 2.19. The third-order valence-electron chi connectivity index (χ3n) is 3.38. The smallest absolute Gasteiger partial charge is 0.256 e. The van der Waals surface area contributed by atoms with Crippen molar-refractivity contribution in [2.75, 3.05) is 13.1 Å². The topological polar surface area (TPSA) is 63.9 Å². The molecule has 0 radical (unpaired) electrons. The molecule has 1 fully saturated rings. The van der Waals surface area contributed by atoms with Crippen LogP contribution in [0.5, 0.6) is 0 Å². The van der Waals surface area contributed by atoms with Gasteiger partial charge in [0, 0.05) is 13.1 Å². The Balaban J connectivity index is 2.02. The number of tetrazole rings is 1. The third-order valence-corrected chi connectivity index (χ3v) is 3.38. The monoisotopic (exact) mass is 257 g/mol. The van der Waals surface area contributed by atoms with Crippen molar-refractivity contribution in [3.05, 3.63) is 35.7 Å². The zero-order valence-electron chi connectivity index (χ0n) is 10.8. The third kappa shape index (κ3) is 2.09. The summed E-state index contributed by atoms with van der Waals surface area (Å²) >= 11 is 0. The number of nitrogens with zero attached hydrogens (tertiary/aromatic N) is 5. The van der Waals surface area contributed by atoms with Gasteiger partial charge < -0.3 is 4.90 Å². The van der Waals surface area contributed by atoms with E-state index in [9.17, 15) is 4.79 Å². The summed E-state index contributed by atoms with van der Waals surface area (Å²) in [6.07, 6.45) is 2.16. The second-order valence-corrected chi connectivity index (χ2v) is 4.65. The molecule has 0 N–H and O–H groups in total. The minimum absolute atomic E-state index is 0.0583. The Labute approximate surface area is 111 Å². The maximum Gasteiger partial charge on any atom is 0.256 e. The Morgan fingerprint density at radius 3 is 2.63 bits per heavy atom. The van der Waals surface area contributed by atoms with Crippen LogP contribution in [0.4, 0.5) is 0 Å². The molecule has 1 aromatic heterocycles. The minimum atomic E-state index is 0.0583. The highest BCUT2D eigenvalue weighted by Gasteiger charge is 2.22. The van der Waals surface area contributed by atoms with Gasteiger partial charge in [-0.05, 0) is 42.3 Å². The van der Waals surface area contributed by atoms with E-state index in [2.05, 4.69) is 15.5 Å². The lowest BCUT2D eigenvalue weighted by Crippen LogP contribution is -2.28. The molecule has 0 spiro atoms. The summed E-state index contributed by atoms with van der Waals surface area (Å²) in [5.74, 6) is 0.727. The van der Waals surface area contributed by atoms with Crippen molar-refractivity contribution in [1.82, 2.24) is 25.1 Å². The Hall–Kier alpha value is -2.24. The Bertz CT molecular complexity index is 601. The molecular weight excluding hydrogens is 242 g/mol. The molecule has 0 saturated carbocycles. The van der Waals surface area contributed by atoms with Crippen LogP contribution >= 0.6 is 0 Å². The number of benzene rings is 1. The van der Waals surface area contributed by atoms with E-state index < -0.39 is 0 Å². The van der Waals surface area contributed by atoms with Gasteiger partial charge in [0.2, 0.25) is 0 Å². The van der Waals surface area contributed by atoms with E-state index in [0.29, 0.717) is 11.4 Å². The first kappa shape index (κ1) is 11.8. The molecule has 1 aliphatic rings. The highest BCUT2D eigenvalue weighted by atomic mass is 16.2. The lowest BCUT2D eigenvalue weighted by Gasteiger charge is -2.17. The zero-order valence-corrected chi connectivity index (χ0v) is 10.8. The van der Waals surface area contributed by atoms with Crippen LogP contribution in [0.3, 0.4) is 0 Å². The van der Waals surface area contributed by atoms with Crippen LogP contribution in [-0.2, 0) is 0 Å². The molecule has 2 heterocycles. The number of carbonyl (C=O) groups is 1. The highest BCUT2D eigenvalue weighted by molar-refractivity contribution is 5.97. The van der Waals surface area contributed by atoms with E-state index in [4.69, 9.17) is 0 Å². The van der Waals surface area contributed by atoms with Gasteiger partial charge in [0.25, 0.3) is 5.91 Å². The summed E-state index contributed by atoms with van der Waals surface area (Å²) in [6.45, 7) is 3.49. The maximum absolute atomic E-state index is 12.5. The van der Waals surface area contributed by atoms with Gasteiger partial charge in [-0.1, -0.05) is 12.1 Å². The summed E-state index contributed by atoms with van der Waals surface area (Å²) in [5, 5.41) is 11.4. The molecule has 1 amide bonds. The van der Waals surface area contributed by atoms with Crippen LogP contribution in [0.25, 0.3) is 5.69 Å². The van der Waals surface area contributed by atoms with E-state index in [1.54, 1.807) is 4.68 Å². The average Bonchev–Trinajstić information content (AvgIpc) is 3.09. The van der Waals surface area contributed by atoms with Crippen molar-refractivity contribution >= 4 is 5.91 Å². The normalized spacial score (nSPS) is 14.9. The number of para-hydroxylation sites is 1. The summed E-state index contributed by atoms with van der Waals surface area (Å²) < 4.78 is 1.60. The van der Waals surface area contributed by atoms with Crippen molar-refractivity contribution in [3.63, 3.8) is 0 Å². The van der Waals surface area contributed by atoms with Gasteiger partial charge in [-0.2, -0.15) is 4.68 Å². The second-order valence-electron chi connectivity index (χ2n) is 4.65. The van der Waals surface area contributed by atoms with Crippen LogP contribution in [0, 0.1) is 6.92 Å². The van der Waals surface area contributed by atoms with Crippen LogP contribution in [0.1, 0.15) is 29.0 Å². The van der Waals surface area contributed by atoms with E-state index in [1.165, 1.54) is 0 Å². The quantitative estimate of drug-likeness (QED) is 0.811. The number of aryl methyl sites for hydroxylation is 1. The van der Waals surface area contributed by atoms with E-state index in [-0.39, 0.29) is 5.91 Å². The van der Waals surface area contributed by atoms with Gasteiger partial charge in [0.05, 0.1) is 11.3 Å². The molecule has 19 heavy (non-hydrogen) atoms. The molecule has 1 aromatic carbocycles. The molecule has 0 unspecified atom stereocenters. The van der Waals surface area contributed by atoms with Crippen molar-refractivity contribution in [2.24, 2.45) is 0 Å². The van der Waals surface area contributed by atoms with Crippen molar-refractivity contribution in [1.29, 1.82) is 0 Å². The molecule has 98 valence electrons. The Kier molecular flexibility index (Phi) is 2.98. The number of hydrogen-bond acceptors (Lipinski definition) is 4. The van der Waals surface area contributed by atoms with Gasteiger partial charge >= 0.3 is 0 Å². The van der Waals surface area contributed by atoms with Crippen molar-refractivity contribution in [2.45, 2.75) is 19.8 Å². The minimum Gasteiger partial charge on any atom is -0.339 e. The largest absolute Gasteiger partial charge is 0.339 e. The number of carbonyl (C=O) groups excluding carboxylic acids is 1. The van der Waals surface area contributed by atoms with Gasteiger partial charge in [0.1, 0.15) is 0 Å². The number of likely N-dealkylation sites (tertiary alicyclic amines) is 1. The summed E-state index contributed by atoms with van der Waals surface area (Å²) in [6, 6.07) is 7.45. The van der Waals surface area contributed by atoms with Crippen LogP contribution < -0.4 is 0 Å². The van der Waals surface area contributed by atoms with Gasteiger partial charge in [-0.3, -0.25) is 4.79 Å². The number of aromatic nitrogens is 4. The Morgan fingerprint density at radius 2 is 1.95 bits per heavy atom. The molecule has 0 atom stereocenters. The fourth-order valence-electron chi connectivity index (χ4n) is 2.38. The molecule has 6 heteroatoms. The van der Waals surface area contributed by atoms with Crippen LogP contribution in [0.2, 0.25) is 0 Å². The maximum atomic E-state index is 12.5. The van der Waals surface area contributed by atoms with E-state index in [0.717, 1.165) is 31.6 Å². The second kappa shape index (κ2) is 4.79.